The zero-order valence-corrected chi connectivity index (χ0v) is 15.9. The van der Waals surface area contributed by atoms with E-state index in [-0.39, 0.29) is 11.8 Å². The summed E-state index contributed by atoms with van der Waals surface area (Å²) < 4.78 is 1.72. The topological polar surface area (TPSA) is 51.0 Å². The first kappa shape index (κ1) is 17.7. The molecule has 1 fully saturated rings. The normalized spacial score (nSPS) is 16.7. The van der Waals surface area contributed by atoms with Crippen molar-refractivity contribution in [2.45, 2.75) is 25.8 Å². The molecule has 0 radical (unpaired) electrons. The molecule has 1 aromatic heterocycles. The number of halogens is 1. The first-order chi connectivity index (χ1) is 13.1. The molecule has 1 atom stereocenters. The van der Waals surface area contributed by atoms with Gasteiger partial charge >= 0.3 is 0 Å². The van der Waals surface area contributed by atoms with Crippen LogP contribution < -0.4 is 0 Å². The summed E-state index contributed by atoms with van der Waals surface area (Å²) >= 11 is 6.31. The van der Waals surface area contributed by atoms with Crippen LogP contribution in [-0.2, 0) is 6.54 Å². The first-order valence-electron chi connectivity index (χ1n) is 9.10. The van der Waals surface area contributed by atoms with Crippen LogP contribution in [0.2, 0.25) is 5.02 Å². The van der Waals surface area contributed by atoms with E-state index >= 15 is 0 Å². The molecule has 0 spiro atoms. The predicted octanol–water partition coefficient (Wildman–Crippen LogP) is 3.92. The van der Waals surface area contributed by atoms with Crippen LogP contribution in [0.5, 0.6) is 0 Å². The standard InChI is InChI=1S/C21H21ClN4O/c1-15-6-2-3-7-16(15)13-26-14-20(23-24-26)21(27)25-11-10-17(12-25)18-8-4-5-9-19(18)22/h2-9,14,17H,10-13H2,1H3/t17-/m1/s1. The second-order valence-corrected chi connectivity index (χ2v) is 7.39. The van der Waals surface area contributed by atoms with Gasteiger partial charge in [0.1, 0.15) is 0 Å². The number of hydrogen-bond donors (Lipinski definition) is 0. The van der Waals surface area contributed by atoms with Crippen LogP contribution in [0.25, 0.3) is 0 Å². The molecule has 1 amide bonds. The Morgan fingerprint density at radius 3 is 2.78 bits per heavy atom. The number of amides is 1. The summed E-state index contributed by atoms with van der Waals surface area (Å²) in [6.45, 7) is 4.04. The molecule has 0 saturated carbocycles. The number of hydrogen-bond acceptors (Lipinski definition) is 3. The average molecular weight is 381 g/mol. The molecule has 4 rings (SSSR count). The predicted molar refractivity (Wildman–Crippen MR) is 105 cm³/mol. The van der Waals surface area contributed by atoms with E-state index in [9.17, 15) is 4.79 Å². The summed E-state index contributed by atoms with van der Waals surface area (Å²) in [7, 11) is 0. The van der Waals surface area contributed by atoms with Gasteiger partial charge in [0.05, 0.1) is 12.7 Å². The van der Waals surface area contributed by atoms with Crippen LogP contribution in [0, 0.1) is 6.92 Å². The lowest BCUT2D eigenvalue weighted by Crippen LogP contribution is -2.28. The van der Waals surface area contributed by atoms with Crippen LogP contribution in [0.15, 0.2) is 54.7 Å². The van der Waals surface area contributed by atoms with E-state index in [0.29, 0.717) is 25.3 Å². The van der Waals surface area contributed by atoms with E-state index in [0.717, 1.165) is 17.0 Å². The molecule has 138 valence electrons. The fraction of sp³-hybridized carbons (Fsp3) is 0.286. The van der Waals surface area contributed by atoms with E-state index < -0.39 is 0 Å². The fourth-order valence-corrected chi connectivity index (χ4v) is 3.89. The van der Waals surface area contributed by atoms with Gasteiger partial charge < -0.3 is 4.90 Å². The van der Waals surface area contributed by atoms with Crippen molar-refractivity contribution in [1.82, 2.24) is 19.9 Å². The number of rotatable bonds is 4. The zero-order chi connectivity index (χ0) is 18.8. The number of nitrogens with zero attached hydrogens (tertiary/aromatic N) is 4. The third-order valence-corrected chi connectivity index (χ3v) is 5.52. The van der Waals surface area contributed by atoms with Gasteiger partial charge in [0.25, 0.3) is 5.91 Å². The van der Waals surface area contributed by atoms with Gasteiger partial charge in [-0.15, -0.1) is 5.10 Å². The van der Waals surface area contributed by atoms with Gasteiger partial charge in [0.15, 0.2) is 5.69 Å². The quantitative estimate of drug-likeness (QED) is 0.689. The number of aryl methyl sites for hydroxylation is 1. The fourth-order valence-electron chi connectivity index (χ4n) is 3.60. The second kappa shape index (κ2) is 7.53. The highest BCUT2D eigenvalue weighted by Crippen LogP contribution is 2.32. The molecule has 1 saturated heterocycles. The Balaban J connectivity index is 1.44. The summed E-state index contributed by atoms with van der Waals surface area (Å²) in [6, 6.07) is 16.0. The molecule has 2 heterocycles. The molecule has 0 unspecified atom stereocenters. The van der Waals surface area contributed by atoms with Crippen molar-refractivity contribution < 1.29 is 4.79 Å². The largest absolute Gasteiger partial charge is 0.337 e. The van der Waals surface area contributed by atoms with Crippen LogP contribution >= 0.6 is 11.6 Å². The van der Waals surface area contributed by atoms with Crippen molar-refractivity contribution in [2.24, 2.45) is 0 Å². The van der Waals surface area contributed by atoms with Crippen molar-refractivity contribution in [3.63, 3.8) is 0 Å². The smallest absolute Gasteiger partial charge is 0.276 e. The Morgan fingerprint density at radius 2 is 1.96 bits per heavy atom. The molecule has 1 aliphatic heterocycles. The molecule has 3 aromatic rings. The number of aromatic nitrogens is 3. The second-order valence-electron chi connectivity index (χ2n) is 6.99. The lowest BCUT2D eigenvalue weighted by molar-refractivity contribution is 0.0785. The minimum Gasteiger partial charge on any atom is -0.337 e. The van der Waals surface area contributed by atoms with Gasteiger partial charge in [-0.25, -0.2) is 4.68 Å². The molecule has 27 heavy (non-hydrogen) atoms. The third kappa shape index (κ3) is 3.74. The SMILES string of the molecule is Cc1ccccc1Cn1cc(C(=O)N2CC[C@@H](c3ccccc3Cl)C2)nn1. The van der Waals surface area contributed by atoms with E-state index in [1.54, 1.807) is 10.9 Å². The Hall–Kier alpha value is -2.66. The van der Waals surface area contributed by atoms with E-state index in [4.69, 9.17) is 11.6 Å². The Labute approximate surface area is 163 Å². The minimum atomic E-state index is -0.0689. The molecule has 2 aromatic carbocycles. The molecular formula is C21H21ClN4O. The van der Waals surface area contributed by atoms with Crippen molar-refractivity contribution >= 4 is 17.5 Å². The molecule has 5 nitrogen and oxygen atoms in total. The van der Waals surface area contributed by atoms with E-state index in [1.807, 2.05) is 41.3 Å². The maximum atomic E-state index is 12.8. The van der Waals surface area contributed by atoms with Gasteiger partial charge in [-0.2, -0.15) is 0 Å². The highest BCUT2D eigenvalue weighted by Gasteiger charge is 2.30. The molecule has 0 bridgehead atoms. The molecule has 1 aliphatic rings. The van der Waals surface area contributed by atoms with E-state index in [1.165, 1.54) is 11.1 Å². The Bertz CT molecular complexity index is 968. The summed E-state index contributed by atoms with van der Waals surface area (Å²) in [6.07, 6.45) is 2.64. The Kier molecular flexibility index (Phi) is 4.94. The van der Waals surface area contributed by atoms with Gasteiger partial charge in [-0.3, -0.25) is 4.79 Å². The number of carbonyl (C=O) groups excluding carboxylic acids is 1. The number of benzene rings is 2. The lowest BCUT2D eigenvalue weighted by Gasteiger charge is -2.15. The minimum absolute atomic E-state index is 0.0689. The van der Waals surface area contributed by atoms with Crippen molar-refractivity contribution in [1.29, 1.82) is 0 Å². The summed E-state index contributed by atoms with van der Waals surface area (Å²) in [5.41, 5.74) is 3.87. The lowest BCUT2D eigenvalue weighted by atomic mass is 9.98. The number of carbonyl (C=O) groups is 1. The maximum absolute atomic E-state index is 12.8. The van der Waals surface area contributed by atoms with Crippen LogP contribution in [0.3, 0.4) is 0 Å². The maximum Gasteiger partial charge on any atom is 0.276 e. The summed E-state index contributed by atoms with van der Waals surface area (Å²) in [5.74, 6) is 0.199. The average Bonchev–Trinajstić information content (AvgIpc) is 3.33. The number of likely N-dealkylation sites (tertiary alicyclic amines) is 1. The van der Waals surface area contributed by atoms with E-state index in [2.05, 4.69) is 29.4 Å². The zero-order valence-electron chi connectivity index (χ0n) is 15.2. The Morgan fingerprint density at radius 1 is 1.19 bits per heavy atom. The van der Waals surface area contributed by atoms with Gasteiger partial charge in [-0.1, -0.05) is 59.3 Å². The van der Waals surface area contributed by atoms with Gasteiger partial charge in [-0.05, 0) is 36.1 Å². The summed E-state index contributed by atoms with van der Waals surface area (Å²) in [5, 5.41) is 9.00. The van der Waals surface area contributed by atoms with Gasteiger partial charge in [0.2, 0.25) is 0 Å². The monoisotopic (exact) mass is 380 g/mol. The molecule has 0 aliphatic carbocycles. The summed E-state index contributed by atoms with van der Waals surface area (Å²) in [4.78, 5) is 14.7. The third-order valence-electron chi connectivity index (χ3n) is 5.17. The van der Waals surface area contributed by atoms with Crippen LogP contribution in [-0.4, -0.2) is 38.9 Å². The molecular weight excluding hydrogens is 360 g/mol. The first-order valence-corrected chi connectivity index (χ1v) is 9.48. The van der Waals surface area contributed by atoms with Crippen molar-refractivity contribution in [2.75, 3.05) is 13.1 Å². The van der Waals surface area contributed by atoms with Crippen LogP contribution in [0.1, 0.15) is 39.5 Å². The highest BCUT2D eigenvalue weighted by molar-refractivity contribution is 6.31. The highest BCUT2D eigenvalue weighted by atomic mass is 35.5. The van der Waals surface area contributed by atoms with Crippen molar-refractivity contribution in [3.8, 4) is 0 Å². The molecule has 0 N–H and O–H groups in total. The van der Waals surface area contributed by atoms with Crippen LogP contribution in [0.4, 0.5) is 0 Å². The van der Waals surface area contributed by atoms with Gasteiger partial charge in [0, 0.05) is 24.0 Å². The molecule has 6 heteroatoms. The van der Waals surface area contributed by atoms with Crippen molar-refractivity contribution in [3.05, 3.63) is 82.1 Å².